The summed E-state index contributed by atoms with van der Waals surface area (Å²) in [6.07, 6.45) is 1.20. The molecule has 21 heavy (non-hydrogen) atoms. The number of hydrogen-bond donors (Lipinski definition) is 0. The lowest BCUT2D eigenvalue weighted by Gasteiger charge is -2.04. The van der Waals surface area contributed by atoms with Crippen LogP contribution in [-0.2, 0) is 10.0 Å². The number of hydrogen-bond acceptors (Lipinski definition) is 6. The fourth-order valence-corrected chi connectivity index (χ4v) is 3.45. The highest BCUT2D eigenvalue weighted by atomic mass is 32.2. The van der Waals surface area contributed by atoms with E-state index in [-0.39, 0.29) is 4.90 Å². The summed E-state index contributed by atoms with van der Waals surface area (Å²) in [6, 6.07) is 9.82. The maximum atomic E-state index is 12.4. The van der Waals surface area contributed by atoms with Crippen molar-refractivity contribution in [3.8, 4) is 16.5 Å². The standard InChI is InChI=1S/C13H11N3O3S2/c1-19-10-4-6-11(7-5-10)21(17,18)16-9-14-13(15-16)12-3-2-8-20-12/h2-9H,1H3. The van der Waals surface area contributed by atoms with Crippen molar-refractivity contribution < 1.29 is 13.2 Å². The van der Waals surface area contributed by atoms with Crippen LogP contribution in [-0.4, -0.2) is 29.7 Å². The van der Waals surface area contributed by atoms with E-state index in [1.807, 2.05) is 17.5 Å². The van der Waals surface area contributed by atoms with Crippen molar-refractivity contribution >= 4 is 21.4 Å². The van der Waals surface area contributed by atoms with E-state index in [0.717, 1.165) is 8.96 Å². The van der Waals surface area contributed by atoms with Gasteiger partial charge < -0.3 is 4.74 Å². The Morgan fingerprint density at radius 1 is 1.19 bits per heavy atom. The molecule has 1 aromatic carbocycles. The first-order valence-corrected chi connectivity index (χ1v) is 8.28. The molecule has 6 nitrogen and oxygen atoms in total. The molecule has 0 amide bonds. The Hall–Kier alpha value is -2.19. The van der Waals surface area contributed by atoms with Crippen molar-refractivity contribution in [3.63, 3.8) is 0 Å². The molecule has 0 spiro atoms. The van der Waals surface area contributed by atoms with Crippen molar-refractivity contribution in [3.05, 3.63) is 48.1 Å². The number of methoxy groups -OCH3 is 1. The lowest BCUT2D eigenvalue weighted by Crippen LogP contribution is -2.13. The van der Waals surface area contributed by atoms with Crippen molar-refractivity contribution in [2.45, 2.75) is 4.90 Å². The Bertz CT molecular complexity index is 837. The number of nitrogens with zero attached hydrogens (tertiary/aromatic N) is 3. The molecule has 2 heterocycles. The predicted octanol–water partition coefficient (Wildman–Crippen LogP) is 2.25. The molecule has 0 saturated carbocycles. The van der Waals surface area contributed by atoms with Gasteiger partial charge in [0.2, 0.25) is 0 Å². The molecule has 108 valence electrons. The zero-order valence-corrected chi connectivity index (χ0v) is 12.6. The largest absolute Gasteiger partial charge is 0.497 e. The topological polar surface area (TPSA) is 74.1 Å². The highest BCUT2D eigenvalue weighted by molar-refractivity contribution is 7.89. The van der Waals surface area contributed by atoms with Gasteiger partial charge in [0.05, 0.1) is 16.9 Å². The Morgan fingerprint density at radius 2 is 1.95 bits per heavy atom. The van der Waals surface area contributed by atoms with Gasteiger partial charge in [-0.05, 0) is 35.7 Å². The van der Waals surface area contributed by atoms with Crippen LogP contribution in [0, 0.1) is 0 Å². The summed E-state index contributed by atoms with van der Waals surface area (Å²) in [5, 5.41) is 5.92. The van der Waals surface area contributed by atoms with Crippen LogP contribution in [0.15, 0.2) is 53.0 Å². The summed E-state index contributed by atoms with van der Waals surface area (Å²) >= 11 is 1.45. The summed E-state index contributed by atoms with van der Waals surface area (Å²) in [7, 11) is -2.22. The summed E-state index contributed by atoms with van der Waals surface area (Å²) in [6.45, 7) is 0. The molecular formula is C13H11N3O3S2. The summed E-state index contributed by atoms with van der Waals surface area (Å²) in [5.74, 6) is 0.980. The SMILES string of the molecule is COc1ccc(S(=O)(=O)n2cnc(-c3cccs3)n2)cc1. The molecule has 0 radical (unpaired) electrons. The monoisotopic (exact) mass is 321 g/mol. The van der Waals surface area contributed by atoms with Crippen LogP contribution in [0.3, 0.4) is 0 Å². The highest BCUT2D eigenvalue weighted by Gasteiger charge is 2.19. The molecule has 8 heteroatoms. The van der Waals surface area contributed by atoms with Crippen LogP contribution in [0.5, 0.6) is 5.75 Å². The number of ether oxygens (including phenoxy) is 1. The first kappa shape index (κ1) is 13.8. The van der Waals surface area contributed by atoms with Crippen molar-refractivity contribution in [2.24, 2.45) is 0 Å². The second kappa shape index (κ2) is 5.30. The van der Waals surface area contributed by atoms with Gasteiger partial charge in [0.1, 0.15) is 12.1 Å². The van der Waals surface area contributed by atoms with Gasteiger partial charge in [0.25, 0.3) is 10.0 Å². The zero-order chi connectivity index (χ0) is 14.9. The fourth-order valence-electron chi connectivity index (χ4n) is 1.74. The van der Waals surface area contributed by atoms with Crippen molar-refractivity contribution in [1.29, 1.82) is 0 Å². The normalized spacial score (nSPS) is 11.5. The average Bonchev–Trinajstić information content (AvgIpc) is 3.18. The summed E-state index contributed by atoms with van der Waals surface area (Å²) in [4.78, 5) is 4.99. The van der Waals surface area contributed by atoms with Gasteiger partial charge in [0, 0.05) is 0 Å². The van der Waals surface area contributed by atoms with Crippen LogP contribution in [0.4, 0.5) is 0 Å². The van der Waals surface area contributed by atoms with E-state index in [9.17, 15) is 8.42 Å². The number of benzene rings is 1. The summed E-state index contributed by atoms with van der Waals surface area (Å²) < 4.78 is 30.8. The molecule has 0 unspecified atom stereocenters. The maximum absolute atomic E-state index is 12.4. The van der Waals surface area contributed by atoms with Gasteiger partial charge in [0.15, 0.2) is 5.82 Å². The van der Waals surface area contributed by atoms with Gasteiger partial charge in [-0.3, -0.25) is 0 Å². The van der Waals surface area contributed by atoms with Crippen molar-refractivity contribution in [2.75, 3.05) is 7.11 Å². The maximum Gasteiger partial charge on any atom is 0.284 e. The first-order valence-electron chi connectivity index (χ1n) is 5.96. The fraction of sp³-hybridized carbons (Fsp3) is 0.0769. The minimum absolute atomic E-state index is 0.130. The zero-order valence-electron chi connectivity index (χ0n) is 11.0. The van der Waals surface area contributed by atoms with Crippen LogP contribution in [0.25, 0.3) is 10.7 Å². The summed E-state index contributed by atoms with van der Waals surface area (Å²) in [5.41, 5.74) is 0. The van der Waals surface area contributed by atoms with E-state index in [2.05, 4.69) is 10.1 Å². The van der Waals surface area contributed by atoms with Crippen LogP contribution >= 0.6 is 11.3 Å². The molecule has 0 atom stereocenters. The van der Waals surface area contributed by atoms with E-state index in [0.29, 0.717) is 11.6 Å². The van der Waals surface area contributed by atoms with Crippen LogP contribution in [0.1, 0.15) is 0 Å². The first-order chi connectivity index (χ1) is 10.1. The third-order valence-electron chi connectivity index (χ3n) is 2.82. The number of aromatic nitrogens is 3. The Balaban J connectivity index is 1.98. The van der Waals surface area contributed by atoms with Crippen molar-refractivity contribution in [1.82, 2.24) is 14.2 Å². The van der Waals surface area contributed by atoms with Gasteiger partial charge in [-0.15, -0.1) is 20.5 Å². The molecule has 0 saturated heterocycles. The molecule has 0 fully saturated rings. The van der Waals surface area contributed by atoms with Crippen LogP contribution < -0.4 is 4.74 Å². The van der Waals surface area contributed by atoms with Gasteiger partial charge in [-0.2, -0.15) is 8.42 Å². The molecular weight excluding hydrogens is 310 g/mol. The molecule has 2 aromatic heterocycles. The Kier molecular flexibility index (Phi) is 3.48. The quantitative estimate of drug-likeness (QED) is 0.737. The lowest BCUT2D eigenvalue weighted by atomic mass is 10.3. The molecule has 3 aromatic rings. The van der Waals surface area contributed by atoms with Crippen LogP contribution in [0.2, 0.25) is 0 Å². The van der Waals surface area contributed by atoms with Gasteiger partial charge in [-0.1, -0.05) is 6.07 Å². The number of thiophene rings is 1. The van der Waals surface area contributed by atoms with E-state index in [4.69, 9.17) is 4.74 Å². The van der Waals surface area contributed by atoms with Gasteiger partial charge >= 0.3 is 0 Å². The third kappa shape index (κ3) is 2.55. The Labute approximate surface area is 125 Å². The Morgan fingerprint density at radius 3 is 2.57 bits per heavy atom. The van der Waals surface area contributed by atoms with E-state index in [1.165, 1.54) is 36.9 Å². The highest BCUT2D eigenvalue weighted by Crippen LogP contribution is 2.22. The number of rotatable bonds is 4. The van der Waals surface area contributed by atoms with E-state index >= 15 is 0 Å². The molecule has 0 aliphatic rings. The second-order valence-corrected chi connectivity index (χ2v) is 6.84. The molecule has 0 N–H and O–H groups in total. The lowest BCUT2D eigenvalue weighted by molar-refractivity contribution is 0.414. The smallest absolute Gasteiger partial charge is 0.284 e. The molecule has 3 rings (SSSR count). The molecule has 0 aliphatic heterocycles. The van der Waals surface area contributed by atoms with Gasteiger partial charge in [-0.25, -0.2) is 4.98 Å². The van der Waals surface area contributed by atoms with E-state index in [1.54, 1.807) is 12.1 Å². The molecule has 0 aliphatic carbocycles. The molecule has 0 bridgehead atoms. The predicted molar refractivity (Wildman–Crippen MR) is 78.9 cm³/mol. The minimum atomic E-state index is -3.74. The minimum Gasteiger partial charge on any atom is -0.497 e. The second-order valence-electron chi connectivity index (χ2n) is 4.10. The van der Waals surface area contributed by atoms with E-state index < -0.39 is 10.0 Å². The third-order valence-corrected chi connectivity index (χ3v) is 5.22. The average molecular weight is 321 g/mol.